The highest BCUT2D eigenvalue weighted by Gasteiger charge is 2.11. The molecule has 2 rings (SSSR count). The Morgan fingerprint density at radius 1 is 1.26 bits per heavy atom. The van der Waals surface area contributed by atoms with Gasteiger partial charge in [0.25, 0.3) is 0 Å². The van der Waals surface area contributed by atoms with Crippen molar-refractivity contribution in [1.82, 2.24) is 0 Å². The van der Waals surface area contributed by atoms with Crippen molar-refractivity contribution in [1.29, 1.82) is 0 Å². The summed E-state index contributed by atoms with van der Waals surface area (Å²) in [6.07, 6.45) is -0.0417. The zero-order valence-corrected chi connectivity index (χ0v) is 12.8. The van der Waals surface area contributed by atoms with Crippen LogP contribution in [0.5, 0.6) is 5.75 Å². The van der Waals surface area contributed by atoms with E-state index in [0.29, 0.717) is 17.2 Å². The molecule has 2 aromatic carbocycles. The average Bonchev–Trinajstić information content (AvgIpc) is 2.38. The van der Waals surface area contributed by atoms with Gasteiger partial charge in [-0.25, -0.2) is 0 Å². The number of hydrogen-bond donors (Lipinski definition) is 1. The van der Waals surface area contributed by atoms with Gasteiger partial charge in [-0.3, -0.25) is 0 Å². The first kappa shape index (κ1) is 14.4. The Hall–Kier alpha value is -1.03. The standard InChI is InChI=1S/C15H14BrClO2/c1-19-15-6-5-11(9-13(15)17)14(18)8-10-3-2-4-12(16)7-10/h2-7,9,14,18H,8H2,1H3. The highest BCUT2D eigenvalue weighted by atomic mass is 79.9. The van der Waals surface area contributed by atoms with E-state index < -0.39 is 6.10 Å². The van der Waals surface area contributed by atoms with Gasteiger partial charge in [0.15, 0.2) is 0 Å². The Bertz CT molecular complexity index is 572. The second-order valence-corrected chi connectivity index (χ2v) is 5.57. The molecule has 1 N–H and O–H groups in total. The van der Waals surface area contributed by atoms with Gasteiger partial charge >= 0.3 is 0 Å². The molecule has 0 aliphatic heterocycles. The lowest BCUT2D eigenvalue weighted by Gasteiger charge is -2.13. The quantitative estimate of drug-likeness (QED) is 0.894. The maximum Gasteiger partial charge on any atom is 0.137 e. The number of halogens is 2. The molecule has 0 amide bonds. The topological polar surface area (TPSA) is 29.5 Å². The van der Waals surface area contributed by atoms with E-state index in [-0.39, 0.29) is 0 Å². The smallest absolute Gasteiger partial charge is 0.137 e. The normalized spacial score (nSPS) is 12.2. The van der Waals surface area contributed by atoms with Crippen molar-refractivity contribution in [2.24, 2.45) is 0 Å². The first-order chi connectivity index (χ1) is 9.10. The van der Waals surface area contributed by atoms with Gasteiger partial charge in [-0.1, -0.05) is 45.7 Å². The Kier molecular flexibility index (Phi) is 4.86. The maximum absolute atomic E-state index is 10.2. The van der Waals surface area contributed by atoms with Gasteiger partial charge in [0.2, 0.25) is 0 Å². The summed E-state index contributed by atoms with van der Waals surface area (Å²) in [5.41, 5.74) is 1.85. The molecule has 0 fully saturated rings. The van der Waals surface area contributed by atoms with Crippen molar-refractivity contribution in [2.75, 3.05) is 7.11 Å². The van der Waals surface area contributed by atoms with Crippen molar-refractivity contribution in [3.05, 3.63) is 63.1 Å². The molecule has 2 nitrogen and oxygen atoms in total. The third-order valence-corrected chi connectivity index (χ3v) is 3.67. The fraction of sp³-hybridized carbons (Fsp3) is 0.200. The first-order valence-corrected chi connectivity index (χ1v) is 7.03. The van der Waals surface area contributed by atoms with Crippen LogP contribution in [-0.4, -0.2) is 12.2 Å². The monoisotopic (exact) mass is 340 g/mol. The van der Waals surface area contributed by atoms with Crippen molar-refractivity contribution < 1.29 is 9.84 Å². The van der Waals surface area contributed by atoms with E-state index in [1.165, 1.54) is 0 Å². The minimum absolute atomic E-state index is 0.508. The molecule has 100 valence electrons. The minimum atomic E-state index is -0.585. The summed E-state index contributed by atoms with van der Waals surface area (Å²) in [5.74, 6) is 0.611. The molecule has 1 unspecified atom stereocenters. The van der Waals surface area contributed by atoms with Crippen molar-refractivity contribution in [3.8, 4) is 5.75 Å². The summed E-state index contributed by atoms with van der Waals surface area (Å²) in [7, 11) is 1.57. The summed E-state index contributed by atoms with van der Waals surface area (Å²) in [4.78, 5) is 0. The van der Waals surface area contributed by atoms with Crippen molar-refractivity contribution in [3.63, 3.8) is 0 Å². The van der Waals surface area contributed by atoms with E-state index in [9.17, 15) is 5.11 Å². The van der Waals surface area contributed by atoms with Gasteiger partial charge < -0.3 is 9.84 Å². The molecule has 2 aromatic rings. The molecule has 19 heavy (non-hydrogen) atoms. The van der Waals surface area contributed by atoms with Crippen LogP contribution in [0.2, 0.25) is 5.02 Å². The summed E-state index contributed by atoms with van der Waals surface area (Å²) in [6, 6.07) is 13.2. The first-order valence-electron chi connectivity index (χ1n) is 5.86. The van der Waals surface area contributed by atoms with Crippen LogP contribution in [0.4, 0.5) is 0 Å². The summed E-state index contributed by atoms with van der Waals surface area (Å²) in [6.45, 7) is 0. The van der Waals surface area contributed by atoms with Crippen LogP contribution in [0.3, 0.4) is 0 Å². The summed E-state index contributed by atoms with van der Waals surface area (Å²) >= 11 is 9.48. The fourth-order valence-electron chi connectivity index (χ4n) is 1.89. The molecule has 0 saturated carbocycles. The second-order valence-electron chi connectivity index (χ2n) is 4.24. The zero-order chi connectivity index (χ0) is 13.8. The van der Waals surface area contributed by atoms with E-state index in [1.54, 1.807) is 19.2 Å². The highest BCUT2D eigenvalue weighted by molar-refractivity contribution is 9.10. The van der Waals surface area contributed by atoms with Crippen LogP contribution >= 0.6 is 27.5 Å². The Balaban J connectivity index is 2.15. The van der Waals surface area contributed by atoms with E-state index in [4.69, 9.17) is 16.3 Å². The Morgan fingerprint density at radius 3 is 2.68 bits per heavy atom. The third kappa shape index (κ3) is 3.72. The number of aliphatic hydroxyl groups excluding tert-OH is 1. The lowest BCUT2D eigenvalue weighted by molar-refractivity contribution is 0.178. The SMILES string of the molecule is COc1ccc(C(O)Cc2cccc(Br)c2)cc1Cl. The lowest BCUT2D eigenvalue weighted by atomic mass is 10.0. The van der Waals surface area contributed by atoms with Crippen LogP contribution in [-0.2, 0) is 6.42 Å². The van der Waals surface area contributed by atoms with Crippen LogP contribution < -0.4 is 4.74 Å². The molecule has 0 spiro atoms. The van der Waals surface area contributed by atoms with Gasteiger partial charge in [-0.05, 0) is 35.4 Å². The number of methoxy groups -OCH3 is 1. The van der Waals surface area contributed by atoms with Gasteiger partial charge in [-0.2, -0.15) is 0 Å². The molecule has 0 saturated heterocycles. The number of hydrogen-bond acceptors (Lipinski definition) is 2. The minimum Gasteiger partial charge on any atom is -0.495 e. The molecular weight excluding hydrogens is 328 g/mol. The predicted octanol–water partition coefficient (Wildman–Crippen LogP) is 4.39. The molecule has 4 heteroatoms. The van der Waals surface area contributed by atoms with Gasteiger partial charge in [0, 0.05) is 10.9 Å². The highest BCUT2D eigenvalue weighted by Crippen LogP contribution is 2.29. The van der Waals surface area contributed by atoms with E-state index >= 15 is 0 Å². The van der Waals surface area contributed by atoms with Crippen LogP contribution in [0, 0.1) is 0 Å². The number of benzene rings is 2. The Morgan fingerprint density at radius 2 is 2.05 bits per heavy atom. The molecule has 0 aliphatic carbocycles. The van der Waals surface area contributed by atoms with Gasteiger partial charge in [0.05, 0.1) is 18.2 Å². The zero-order valence-electron chi connectivity index (χ0n) is 10.4. The maximum atomic E-state index is 10.2. The molecule has 0 bridgehead atoms. The van der Waals surface area contributed by atoms with Crippen LogP contribution in [0.25, 0.3) is 0 Å². The predicted molar refractivity (Wildman–Crippen MR) is 80.8 cm³/mol. The molecule has 0 heterocycles. The van der Waals surface area contributed by atoms with Gasteiger partial charge in [0.1, 0.15) is 5.75 Å². The average molecular weight is 342 g/mol. The lowest BCUT2D eigenvalue weighted by Crippen LogP contribution is -2.02. The van der Waals surface area contributed by atoms with Crippen molar-refractivity contribution in [2.45, 2.75) is 12.5 Å². The number of ether oxygens (including phenoxy) is 1. The van der Waals surface area contributed by atoms with Crippen LogP contribution in [0.1, 0.15) is 17.2 Å². The third-order valence-electron chi connectivity index (χ3n) is 2.88. The number of aliphatic hydroxyl groups is 1. The largest absolute Gasteiger partial charge is 0.495 e. The molecule has 0 radical (unpaired) electrons. The van der Waals surface area contributed by atoms with E-state index in [1.807, 2.05) is 30.3 Å². The van der Waals surface area contributed by atoms with E-state index in [0.717, 1.165) is 15.6 Å². The number of rotatable bonds is 4. The fourth-order valence-corrected chi connectivity index (χ4v) is 2.61. The summed E-state index contributed by atoms with van der Waals surface area (Å²) < 4.78 is 6.10. The van der Waals surface area contributed by atoms with E-state index in [2.05, 4.69) is 15.9 Å². The molecule has 1 atom stereocenters. The van der Waals surface area contributed by atoms with Gasteiger partial charge in [-0.15, -0.1) is 0 Å². The Labute approximate surface area is 126 Å². The molecule has 0 aromatic heterocycles. The van der Waals surface area contributed by atoms with Crippen molar-refractivity contribution >= 4 is 27.5 Å². The molecule has 0 aliphatic rings. The van der Waals surface area contributed by atoms with Crippen LogP contribution in [0.15, 0.2) is 46.9 Å². The second kappa shape index (κ2) is 6.42. The summed E-state index contributed by atoms with van der Waals surface area (Å²) in [5, 5.41) is 10.7. The molecular formula is C15H14BrClO2.